The highest BCUT2D eigenvalue weighted by Crippen LogP contribution is 2.22. The van der Waals surface area contributed by atoms with Crippen molar-refractivity contribution in [2.45, 2.75) is 59.2 Å². The number of ether oxygens (including phenoxy) is 2. The van der Waals surface area contributed by atoms with E-state index in [9.17, 15) is 9.59 Å². The Morgan fingerprint density at radius 1 is 0.946 bits per heavy atom. The van der Waals surface area contributed by atoms with E-state index in [2.05, 4.69) is 5.32 Å². The Balaban J connectivity index is 1.95. The molecule has 2 amide bonds. The van der Waals surface area contributed by atoms with E-state index in [0.717, 1.165) is 28.7 Å². The van der Waals surface area contributed by atoms with Gasteiger partial charge in [0.05, 0.1) is 7.11 Å². The van der Waals surface area contributed by atoms with Gasteiger partial charge in [0.1, 0.15) is 17.5 Å². The molecule has 0 aliphatic heterocycles. The molecule has 196 valence electrons. The molecule has 0 aliphatic rings. The second-order valence-corrected chi connectivity index (χ2v) is 9.38. The third-order valence-corrected chi connectivity index (χ3v) is 6.67. The van der Waals surface area contributed by atoms with Crippen LogP contribution in [0.15, 0.2) is 72.8 Å². The van der Waals surface area contributed by atoms with Gasteiger partial charge < -0.3 is 19.7 Å². The number of amides is 2. The van der Waals surface area contributed by atoms with Gasteiger partial charge in [0.25, 0.3) is 5.91 Å². The first kappa shape index (κ1) is 27.8. The van der Waals surface area contributed by atoms with Gasteiger partial charge >= 0.3 is 0 Å². The summed E-state index contributed by atoms with van der Waals surface area (Å²) in [5.74, 6) is 0.920. The molecule has 6 nitrogen and oxygen atoms in total. The van der Waals surface area contributed by atoms with Gasteiger partial charge in [-0.3, -0.25) is 9.59 Å². The molecule has 37 heavy (non-hydrogen) atoms. The van der Waals surface area contributed by atoms with Crippen LogP contribution in [-0.2, 0) is 22.6 Å². The Morgan fingerprint density at radius 2 is 1.65 bits per heavy atom. The lowest BCUT2D eigenvalue weighted by molar-refractivity contribution is -0.143. The number of aryl methyl sites for hydroxylation is 1. The van der Waals surface area contributed by atoms with Crippen LogP contribution >= 0.6 is 0 Å². The first-order chi connectivity index (χ1) is 17.8. The number of nitrogens with zero attached hydrogens (tertiary/aromatic N) is 1. The predicted octanol–water partition coefficient (Wildman–Crippen LogP) is 5.25. The molecule has 0 bridgehead atoms. The van der Waals surface area contributed by atoms with Crippen molar-refractivity contribution < 1.29 is 19.1 Å². The van der Waals surface area contributed by atoms with E-state index >= 15 is 0 Å². The van der Waals surface area contributed by atoms with Crippen LogP contribution in [0.5, 0.6) is 11.5 Å². The second kappa shape index (κ2) is 13.5. The zero-order valence-corrected chi connectivity index (χ0v) is 22.5. The average molecular weight is 503 g/mol. The quantitative estimate of drug-likeness (QED) is 0.368. The van der Waals surface area contributed by atoms with Crippen LogP contribution in [0, 0.1) is 13.8 Å². The van der Waals surface area contributed by atoms with Crippen molar-refractivity contribution in [2.75, 3.05) is 13.7 Å². The Bertz CT molecular complexity index is 1180. The minimum Gasteiger partial charge on any atom is -0.497 e. The van der Waals surface area contributed by atoms with E-state index < -0.39 is 6.04 Å². The molecule has 0 saturated heterocycles. The summed E-state index contributed by atoms with van der Waals surface area (Å²) >= 11 is 0. The summed E-state index contributed by atoms with van der Waals surface area (Å²) in [5.41, 5.74) is 3.93. The molecule has 0 heterocycles. The smallest absolute Gasteiger partial charge is 0.261 e. The van der Waals surface area contributed by atoms with Crippen molar-refractivity contribution in [3.05, 3.63) is 95.1 Å². The van der Waals surface area contributed by atoms with Crippen LogP contribution in [-0.4, -0.2) is 42.5 Å². The topological polar surface area (TPSA) is 67.9 Å². The summed E-state index contributed by atoms with van der Waals surface area (Å²) in [4.78, 5) is 29.0. The SMILES string of the molecule is CC[C@@H](C)NC(=O)[C@@H](Cc1ccccc1)N(Cc1cccc(OC)c1)C(=O)COc1cccc(C)c1C. The lowest BCUT2D eigenvalue weighted by Gasteiger charge is -2.32. The van der Waals surface area contributed by atoms with Gasteiger partial charge in [0.2, 0.25) is 5.91 Å². The maximum absolute atomic E-state index is 13.8. The van der Waals surface area contributed by atoms with Crippen molar-refractivity contribution >= 4 is 11.8 Å². The molecule has 6 heteroatoms. The number of carbonyl (C=O) groups is 2. The summed E-state index contributed by atoms with van der Waals surface area (Å²) in [6, 6.07) is 22.4. The van der Waals surface area contributed by atoms with Crippen LogP contribution in [0.4, 0.5) is 0 Å². The zero-order chi connectivity index (χ0) is 26.8. The Labute approximate surface area is 220 Å². The van der Waals surface area contributed by atoms with E-state index in [-0.39, 0.29) is 31.0 Å². The van der Waals surface area contributed by atoms with Gasteiger partial charge in [-0.15, -0.1) is 0 Å². The molecular weight excluding hydrogens is 464 g/mol. The standard InChI is InChI=1S/C31H38N2O4/c1-6-23(3)32-31(35)28(19-25-13-8-7-9-14-25)33(20-26-15-11-16-27(18-26)36-5)30(34)21-37-29-17-10-12-22(2)24(29)4/h7-18,23,28H,6,19-21H2,1-5H3,(H,32,35)/t23-,28-/m1/s1. The third kappa shape index (κ3) is 7.84. The summed E-state index contributed by atoms with van der Waals surface area (Å²) in [5, 5.41) is 3.09. The maximum Gasteiger partial charge on any atom is 0.261 e. The summed E-state index contributed by atoms with van der Waals surface area (Å²) in [6.07, 6.45) is 1.19. The van der Waals surface area contributed by atoms with Crippen molar-refractivity contribution in [1.82, 2.24) is 10.2 Å². The number of benzene rings is 3. The van der Waals surface area contributed by atoms with E-state index in [4.69, 9.17) is 9.47 Å². The highest BCUT2D eigenvalue weighted by atomic mass is 16.5. The molecule has 3 rings (SSSR count). The fourth-order valence-electron chi connectivity index (χ4n) is 4.07. The Hall–Kier alpha value is -3.80. The van der Waals surface area contributed by atoms with Gasteiger partial charge in [-0.1, -0.05) is 61.5 Å². The van der Waals surface area contributed by atoms with Gasteiger partial charge in [-0.05, 0) is 67.6 Å². The molecule has 3 aromatic rings. The minimum atomic E-state index is -0.711. The van der Waals surface area contributed by atoms with Crippen molar-refractivity contribution in [1.29, 1.82) is 0 Å². The normalized spacial score (nSPS) is 12.4. The Morgan fingerprint density at radius 3 is 2.35 bits per heavy atom. The number of hydrogen-bond acceptors (Lipinski definition) is 4. The molecule has 0 unspecified atom stereocenters. The molecule has 3 aromatic carbocycles. The molecule has 0 aromatic heterocycles. The van der Waals surface area contributed by atoms with E-state index in [0.29, 0.717) is 17.9 Å². The molecule has 0 radical (unpaired) electrons. The Kier molecular flexibility index (Phi) is 10.1. The number of methoxy groups -OCH3 is 1. The first-order valence-corrected chi connectivity index (χ1v) is 12.8. The number of rotatable bonds is 12. The lowest BCUT2D eigenvalue weighted by Crippen LogP contribution is -2.53. The molecule has 0 spiro atoms. The number of carbonyl (C=O) groups excluding carboxylic acids is 2. The molecule has 0 saturated carbocycles. The van der Waals surface area contributed by atoms with Crippen molar-refractivity contribution in [2.24, 2.45) is 0 Å². The van der Waals surface area contributed by atoms with Crippen LogP contribution in [0.25, 0.3) is 0 Å². The van der Waals surface area contributed by atoms with E-state index in [1.807, 2.05) is 100 Å². The first-order valence-electron chi connectivity index (χ1n) is 12.8. The summed E-state index contributed by atoms with van der Waals surface area (Å²) in [7, 11) is 1.61. The maximum atomic E-state index is 13.8. The fourth-order valence-corrected chi connectivity index (χ4v) is 4.07. The molecule has 0 fully saturated rings. The van der Waals surface area contributed by atoms with Crippen LogP contribution in [0.1, 0.15) is 42.5 Å². The summed E-state index contributed by atoms with van der Waals surface area (Å²) in [6.45, 7) is 8.05. The third-order valence-electron chi connectivity index (χ3n) is 6.67. The molecule has 1 N–H and O–H groups in total. The predicted molar refractivity (Wildman–Crippen MR) is 147 cm³/mol. The average Bonchev–Trinajstić information content (AvgIpc) is 2.91. The lowest BCUT2D eigenvalue weighted by atomic mass is 10.0. The number of hydrogen-bond donors (Lipinski definition) is 1. The molecule has 0 aliphatic carbocycles. The van der Waals surface area contributed by atoms with Crippen molar-refractivity contribution in [3.8, 4) is 11.5 Å². The van der Waals surface area contributed by atoms with Gasteiger partial charge in [0.15, 0.2) is 6.61 Å². The zero-order valence-electron chi connectivity index (χ0n) is 22.5. The van der Waals surface area contributed by atoms with Gasteiger partial charge in [0, 0.05) is 19.0 Å². The van der Waals surface area contributed by atoms with E-state index in [1.54, 1.807) is 12.0 Å². The van der Waals surface area contributed by atoms with Crippen LogP contribution < -0.4 is 14.8 Å². The largest absolute Gasteiger partial charge is 0.497 e. The van der Waals surface area contributed by atoms with Crippen LogP contribution in [0.2, 0.25) is 0 Å². The second-order valence-electron chi connectivity index (χ2n) is 9.38. The van der Waals surface area contributed by atoms with Gasteiger partial charge in [-0.25, -0.2) is 0 Å². The molecule has 2 atom stereocenters. The summed E-state index contributed by atoms with van der Waals surface area (Å²) < 4.78 is 11.4. The van der Waals surface area contributed by atoms with Crippen LogP contribution in [0.3, 0.4) is 0 Å². The fraction of sp³-hybridized carbons (Fsp3) is 0.355. The van der Waals surface area contributed by atoms with Crippen molar-refractivity contribution in [3.63, 3.8) is 0 Å². The van der Waals surface area contributed by atoms with E-state index in [1.165, 1.54) is 0 Å². The molecular formula is C31H38N2O4. The van der Waals surface area contributed by atoms with Gasteiger partial charge in [-0.2, -0.15) is 0 Å². The highest BCUT2D eigenvalue weighted by Gasteiger charge is 2.31. The highest BCUT2D eigenvalue weighted by molar-refractivity contribution is 5.88. The number of nitrogens with one attached hydrogen (secondary N) is 1. The monoisotopic (exact) mass is 502 g/mol. The minimum absolute atomic E-state index is 0.00858.